The summed E-state index contributed by atoms with van der Waals surface area (Å²) < 4.78 is 32.8. The van der Waals surface area contributed by atoms with Crippen molar-refractivity contribution in [1.82, 2.24) is 10.0 Å². The Morgan fingerprint density at radius 3 is 2.40 bits per heavy atom. The smallest absolute Gasteiger partial charge is 0.244 e. The van der Waals surface area contributed by atoms with E-state index in [1.54, 1.807) is 12.1 Å². The van der Waals surface area contributed by atoms with Gasteiger partial charge in [0.05, 0.1) is 7.11 Å². The van der Waals surface area contributed by atoms with Crippen LogP contribution >= 0.6 is 0 Å². The molecule has 0 radical (unpaired) electrons. The van der Waals surface area contributed by atoms with Crippen LogP contribution in [0.25, 0.3) is 0 Å². The zero-order valence-electron chi connectivity index (χ0n) is 15.2. The Labute approximate surface area is 150 Å². The van der Waals surface area contributed by atoms with Crippen LogP contribution in [0.2, 0.25) is 0 Å². The molecule has 1 fully saturated rings. The highest BCUT2D eigenvalue weighted by Crippen LogP contribution is 2.27. The molecule has 25 heavy (non-hydrogen) atoms. The summed E-state index contributed by atoms with van der Waals surface area (Å²) in [4.78, 5) is 12.2. The van der Waals surface area contributed by atoms with E-state index < -0.39 is 10.0 Å². The summed E-state index contributed by atoms with van der Waals surface area (Å²) in [5.41, 5.74) is 1.85. The second-order valence-electron chi connectivity index (χ2n) is 6.61. The summed E-state index contributed by atoms with van der Waals surface area (Å²) in [6, 6.07) is 3.33. The molecule has 1 amide bonds. The number of nitrogens with one attached hydrogen (secondary N) is 2. The number of carbonyl (C=O) groups is 1. The van der Waals surface area contributed by atoms with Gasteiger partial charge >= 0.3 is 0 Å². The number of ether oxygens (including phenoxy) is 1. The van der Waals surface area contributed by atoms with Crippen molar-refractivity contribution in [3.8, 4) is 5.75 Å². The van der Waals surface area contributed by atoms with Crippen molar-refractivity contribution in [3.63, 3.8) is 0 Å². The Morgan fingerprint density at radius 2 is 1.76 bits per heavy atom. The van der Waals surface area contributed by atoms with Crippen LogP contribution in [0.1, 0.15) is 43.2 Å². The second-order valence-corrected chi connectivity index (χ2v) is 8.35. The molecule has 0 aromatic heterocycles. The molecule has 2 N–H and O–H groups in total. The molecule has 0 aliphatic heterocycles. The third kappa shape index (κ3) is 5.19. The van der Waals surface area contributed by atoms with Gasteiger partial charge in [-0.1, -0.05) is 19.3 Å². The summed E-state index contributed by atoms with van der Waals surface area (Å²) in [6.07, 6.45) is 5.24. The number of rotatable bonds is 7. The van der Waals surface area contributed by atoms with Crippen LogP contribution < -0.4 is 14.8 Å². The summed E-state index contributed by atoms with van der Waals surface area (Å²) >= 11 is 0. The van der Waals surface area contributed by atoms with E-state index >= 15 is 0 Å². The topological polar surface area (TPSA) is 84.5 Å². The Bertz CT molecular complexity index is 710. The van der Waals surface area contributed by atoms with E-state index in [0.717, 1.165) is 36.8 Å². The van der Waals surface area contributed by atoms with Gasteiger partial charge in [0.25, 0.3) is 0 Å². The van der Waals surface area contributed by atoms with E-state index in [2.05, 4.69) is 10.0 Å². The summed E-state index contributed by atoms with van der Waals surface area (Å²) in [7, 11) is -2.24. The lowest BCUT2D eigenvalue weighted by atomic mass is 9.89. The lowest BCUT2D eigenvalue weighted by Gasteiger charge is -2.20. The van der Waals surface area contributed by atoms with Crippen molar-refractivity contribution in [3.05, 3.63) is 23.3 Å². The molecule has 1 aliphatic carbocycles. The van der Waals surface area contributed by atoms with E-state index in [0.29, 0.717) is 5.75 Å². The second kappa shape index (κ2) is 8.67. The van der Waals surface area contributed by atoms with Crippen LogP contribution in [0.3, 0.4) is 0 Å². The number of amides is 1. The van der Waals surface area contributed by atoms with E-state index in [1.165, 1.54) is 13.5 Å². The monoisotopic (exact) mass is 368 g/mol. The van der Waals surface area contributed by atoms with E-state index in [1.807, 2.05) is 13.8 Å². The van der Waals surface area contributed by atoms with Gasteiger partial charge in [0, 0.05) is 19.0 Å². The first-order valence-corrected chi connectivity index (χ1v) is 10.3. The maximum absolute atomic E-state index is 12.5. The number of hydrogen-bond donors (Lipinski definition) is 2. The highest BCUT2D eigenvalue weighted by atomic mass is 32.2. The maximum Gasteiger partial charge on any atom is 0.244 e. The molecule has 0 bridgehead atoms. The van der Waals surface area contributed by atoms with Crippen molar-refractivity contribution in [2.24, 2.45) is 5.92 Å². The van der Waals surface area contributed by atoms with E-state index in [-0.39, 0.29) is 29.8 Å². The van der Waals surface area contributed by atoms with E-state index in [9.17, 15) is 13.2 Å². The molecule has 1 aromatic rings. The molecule has 0 unspecified atom stereocenters. The molecular formula is C18H28N2O4S. The molecule has 2 rings (SSSR count). The van der Waals surface area contributed by atoms with Gasteiger partial charge in [-0.3, -0.25) is 4.79 Å². The third-order valence-corrected chi connectivity index (χ3v) is 6.24. The molecule has 0 spiro atoms. The van der Waals surface area contributed by atoms with Crippen LogP contribution in [0.5, 0.6) is 5.75 Å². The largest absolute Gasteiger partial charge is 0.495 e. The average Bonchev–Trinajstić information content (AvgIpc) is 2.61. The summed E-state index contributed by atoms with van der Waals surface area (Å²) in [6.45, 7) is 4.19. The maximum atomic E-state index is 12.5. The van der Waals surface area contributed by atoms with Gasteiger partial charge in [-0.15, -0.1) is 0 Å². The highest BCUT2D eigenvalue weighted by molar-refractivity contribution is 7.89. The summed E-state index contributed by atoms with van der Waals surface area (Å²) in [5.74, 6) is 0.426. The number of benzene rings is 1. The molecule has 140 valence electrons. The molecule has 7 heteroatoms. The molecule has 1 saturated carbocycles. The first kappa shape index (κ1) is 19.7. The Morgan fingerprint density at radius 1 is 1.12 bits per heavy atom. The van der Waals surface area contributed by atoms with Crippen molar-refractivity contribution in [1.29, 1.82) is 0 Å². The zero-order chi connectivity index (χ0) is 18.4. The first-order valence-electron chi connectivity index (χ1n) is 8.78. The van der Waals surface area contributed by atoms with Crippen molar-refractivity contribution >= 4 is 15.9 Å². The lowest BCUT2D eigenvalue weighted by Crippen LogP contribution is -2.38. The Hall–Kier alpha value is -1.60. The van der Waals surface area contributed by atoms with Crippen molar-refractivity contribution < 1.29 is 17.9 Å². The molecule has 1 aromatic carbocycles. The standard InChI is InChI=1S/C18H28N2O4S/c1-13-11-16(24-3)17(12-14(13)2)25(22,23)20-10-9-19-18(21)15-7-5-4-6-8-15/h11-12,15,20H,4-10H2,1-3H3,(H,19,21). The first-order chi connectivity index (χ1) is 11.8. The van der Waals surface area contributed by atoms with Gasteiger partial charge in [-0.25, -0.2) is 13.1 Å². The number of aryl methyl sites for hydroxylation is 2. The number of hydrogen-bond acceptors (Lipinski definition) is 4. The fourth-order valence-corrected chi connectivity index (χ4v) is 4.36. The SMILES string of the molecule is COc1cc(C)c(C)cc1S(=O)(=O)NCCNC(=O)C1CCCCC1. The van der Waals surface area contributed by atoms with Crippen LogP contribution in [0.4, 0.5) is 0 Å². The van der Waals surface area contributed by atoms with E-state index in [4.69, 9.17) is 4.74 Å². The normalized spacial score (nSPS) is 15.8. The van der Waals surface area contributed by atoms with Gasteiger partial charge in [-0.2, -0.15) is 0 Å². The molecule has 0 heterocycles. The molecule has 0 atom stereocenters. The van der Waals surface area contributed by atoms with Crippen molar-refractivity contribution in [2.75, 3.05) is 20.2 Å². The van der Waals surface area contributed by atoms with Crippen LogP contribution in [-0.4, -0.2) is 34.5 Å². The van der Waals surface area contributed by atoms with Gasteiger partial charge in [0.1, 0.15) is 10.6 Å². The fourth-order valence-electron chi connectivity index (χ4n) is 3.09. The van der Waals surface area contributed by atoms with Crippen molar-refractivity contribution in [2.45, 2.75) is 50.8 Å². The average molecular weight is 368 g/mol. The number of carbonyl (C=O) groups excluding carboxylic acids is 1. The van der Waals surface area contributed by atoms with Crippen LogP contribution in [0.15, 0.2) is 17.0 Å². The van der Waals surface area contributed by atoms with Crippen LogP contribution in [0, 0.1) is 19.8 Å². The lowest BCUT2D eigenvalue weighted by molar-refractivity contribution is -0.125. The van der Waals surface area contributed by atoms with Gasteiger partial charge in [-0.05, 0) is 49.9 Å². The van der Waals surface area contributed by atoms with Gasteiger partial charge in [0.2, 0.25) is 15.9 Å². The molecule has 0 saturated heterocycles. The van der Waals surface area contributed by atoms with Gasteiger partial charge in [0.15, 0.2) is 0 Å². The minimum absolute atomic E-state index is 0.0302. The Kier molecular flexibility index (Phi) is 6.84. The predicted molar refractivity (Wildman–Crippen MR) is 97.2 cm³/mol. The summed E-state index contributed by atoms with van der Waals surface area (Å²) in [5, 5.41) is 2.83. The van der Waals surface area contributed by atoms with Crippen LogP contribution in [-0.2, 0) is 14.8 Å². The quantitative estimate of drug-likeness (QED) is 0.723. The predicted octanol–water partition coefficient (Wildman–Crippen LogP) is 2.29. The Balaban J connectivity index is 1.91. The minimum atomic E-state index is -3.69. The number of sulfonamides is 1. The zero-order valence-corrected chi connectivity index (χ0v) is 16.0. The van der Waals surface area contributed by atoms with Gasteiger partial charge < -0.3 is 10.1 Å². The molecule has 1 aliphatic rings. The fraction of sp³-hybridized carbons (Fsp3) is 0.611. The highest BCUT2D eigenvalue weighted by Gasteiger charge is 2.22. The third-order valence-electron chi connectivity index (χ3n) is 4.76. The molecule has 6 nitrogen and oxygen atoms in total. The number of methoxy groups -OCH3 is 1. The minimum Gasteiger partial charge on any atom is -0.495 e. The molecular weight excluding hydrogens is 340 g/mol.